The van der Waals surface area contributed by atoms with E-state index in [2.05, 4.69) is 10.3 Å². The van der Waals surface area contributed by atoms with Gasteiger partial charge in [-0.1, -0.05) is 12.1 Å². The van der Waals surface area contributed by atoms with E-state index in [1.165, 1.54) is 7.11 Å². The summed E-state index contributed by atoms with van der Waals surface area (Å²) in [5.74, 6) is 0.524. The zero-order valence-corrected chi connectivity index (χ0v) is 12.7. The van der Waals surface area contributed by atoms with Crippen molar-refractivity contribution in [3.05, 3.63) is 30.1 Å². The first-order chi connectivity index (χ1) is 10.6. The van der Waals surface area contributed by atoms with E-state index in [4.69, 9.17) is 4.74 Å². The van der Waals surface area contributed by atoms with E-state index < -0.39 is 0 Å². The minimum absolute atomic E-state index is 0.0594. The minimum Gasteiger partial charge on any atom is -0.468 e. The summed E-state index contributed by atoms with van der Waals surface area (Å²) in [6, 6.07) is 7.33. The quantitative estimate of drug-likeness (QED) is 0.855. The highest BCUT2D eigenvalue weighted by Crippen LogP contribution is 2.30. The van der Waals surface area contributed by atoms with E-state index in [0.29, 0.717) is 5.82 Å². The molecule has 1 atom stereocenters. The lowest BCUT2D eigenvalue weighted by Crippen LogP contribution is -2.30. The number of fused-ring (bicyclic) bond motifs is 1. The summed E-state index contributed by atoms with van der Waals surface area (Å²) in [7, 11) is 1.36. The molecule has 6 nitrogen and oxygen atoms in total. The highest BCUT2D eigenvalue weighted by Gasteiger charge is 2.31. The molecule has 1 saturated carbocycles. The van der Waals surface area contributed by atoms with Crippen LogP contribution >= 0.6 is 0 Å². The van der Waals surface area contributed by atoms with Crippen LogP contribution in [0.15, 0.2) is 24.3 Å². The van der Waals surface area contributed by atoms with E-state index in [1.54, 1.807) is 4.57 Å². The van der Waals surface area contributed by atoms with E-state index in [9.17, 15) is 9.59 Å². The van der Waals surface area contributed by atoms with Gasteiger partial charge in [0.1, 0.15) is 12.4 Å². The third-order valence-corrected chi connectivity index (χ3v) is 3.89. The number of imidazole rings is 1. The fourth-order valence-electron chi connectivity index (χ4n) is 2.53. The van der Waals surface area contributed by atoms with Gasteiger partial charge in [-0.25, -0.2) is 4.98 Å². The maximum atomic E-state index is 12.0. The fraction of sp³-hybridized carbons (Fsp3) is 0.438. The van der Waals surface area contributed by atoms with Crippen molar-refractivity contribution in [3.63, 3.8) is 0 Å². The zero-order valence-electron chi connectivity index (χ0n) is 12.7. The van der Waals surface area contributed by atoms with Crippen LogP contribution in [0.5, 0.6) is 0 Å². The second kappa shape index (κ2) is 5.79. The lowest BCUT2D eigenvalue weighted by atomic mass is 10.2. The van der Waals surface area contributed by atoms with Crippen molar-refractivity contribution in [2.75, 3.05) is 7.11 Å². The second-order valence-electron chi connectivity index (χ2n) is 5.63. The van der Waals surface area contributed by atoms with Gasteiger partial charge in [-0.2, -0.15) is 0 Å². The number of esters is 1. The number of methoxy groups -OCH3 is 1. The number of carbonyl (C=O) groups is 2. The molecule has 6 heteroatoms. The molecule has 2 aromatic rings. The molecule has 1 aliphatic rings. The van der Waals surface area contributed by atoms with Gasteiger partial charge < -0.3 is 14.6 Å². The smallest absolute Gasteiger partial charge is 0.325 e. The molecule has 1 heterocycles. The van der Waals surface area contributed by atoms with Gasteiger partial charge in [0.25, 0.3) is 0 Å². The van der Waals surface area contributed by atoms with Crippen LogP contribution in [0.25, 0.3) is 11.0 Å². The van der Waals surface area contributed by atoms with Gasteiger partial charge in [-0.15, -0.1) is 0 Å². The summed E-state index contributed by atoms with van der Waals surface area (Å²) in [6.45, 7) is 1.96. The van der Waals surface area contributed by atoms with Crippen LogP contribution in [-0.4, -0.2) is 28.5 Å². The largest absolute Gasteiger partial charge is 0.468 e. The molecule has 1 fully saturated rings. The van der Waals surface area contributed by atoms with Crippen molar-refractivity contribution >= 4 is 22.9 Å². The number of nitrogens with zero attached hydrogens (tertiary/aromatic N) is 2. The Morgan fingerprint density at radius 2 is 2.14 bits per heavy atom. The number of hydrogen-bond acceptors (Lipinski definition) is 4. The average Bonchev–Trinajstić information content (AvgIpc) is 3.30. The van der Waals surface area contributed by atoms with Crippen molar-refractivity contribution in [1.29, 1.82) is 0 Å². The Hall–Kier alpha value is -2.37. The predicted octanol–water partition coefficient (Wildman–Crippen LogP) is 1.80. The number of hydrogen-bond donors (Lipinski definition) is 1. The highest BCUT2D eigenvalue weighted by atomic mass is 16.5. The standard InChI is InChI=1S/C16H19N3O3/c1-10(17-16(21)11-7-8-11)15-18-12-5-3-4-6-13(12)19(15)9-14(20)22-2/h3-6,10-11H,7-9H2,1-2H3,(H,17,21). The monoisotopic (exact) mass is 301 g/mol. The molecule has 1 aromatic heterocycles. The number of nitrogens with one attached hydrogen (secondary N) is 1. The molecule has 3 rings (SSSR count). The molecule has 0 bridgehead atoms. The third kappa shape index (κ3) is 2.81. The van der Waals surface area contributed by atoms with E-state index >= 15 is 0 Å². The number of ether oxygens (including phenoxy) is 1. The maximum Gasteiger partial charge on any atom is 0.325 e. The predicted molar refractivity (Wildman–Crippen MR) is 81.0 cm³/mol. The molecule has 1 unspecified atom stereocenters. The average molecular weight is 301 g/mol. The first kappa shape index (κ1) is 14.6. The van der Waals surface area contributed by atoms with E-state index in [0.717, 1.165) is 23.9 Å². The highest BCUT2D eigenvalue weighted by molar-refractivity contribution is 5.82. The Bertz CT molecular complexity index is 718. The number of para-hydroxylation sites is 2. The van der Waals surface area contributed by atoms with Crippen LogP contribution in [-0.2, 0) is 20.9 Å². The molecular formula is C16H19N3O3. The Labute approximate surface area is 128 Å². The lowest BCUT2D eigenvalue weighted by Gasteiger charge is -2.15. The summed E-state index contributed by atoms with van der Waals surface area (Å²) < 4.78 is 6.57. The van der Waals surface area contributed by atoms with Gasteiger partial charge in [-0.05, 0) is 31.9 Å². The normalized spacial score (nSPS) is 15.5. The maximum absolute atomic E-state index is 12.0. The molecule has 0 spiro atoms. The number of aromatic nitrogens is 2. The number of rotatable bonds is 5. The lowest BCUT2D eigenvalue weighted by molar-refractivity contribution is -0.141. The van der Waals surface area contributed by atoms with Crippen molar-refractivity contribution < 1.29 is 14.3 Å². The number of amides is 1. The first-order valence-electron chi connectivity index (χ1n) is 7.42. The summed E-state index contributed by atoms with van der Waals surface area (Å²) >= 11 is 0. The molecule has 1 aromatic carbocycles. The molecular weight excluding hydrogens is 282 g/mol. The SMILES string of the molecule is COC(=O)Cn1c(C(C)NC(=O)C2CC2)nc2ccccc21. The van der Waals surface area contributed by atoms with Crippen molar-refractivity contribution in [3.8, 4) is 0 Å². The number of benzene rings is 1. The molecule has 1 aliphatic carbocycles. The van der Waals surface area contributed by atoms with Crippen molar-refractivity contribution in [1.82, 2.24) is 14.9 Å². The Morgan fingerprint density at radius 3 is 2.82 bits per heavy atom. The Balaban J connectivity index is 1.93. The van der Waals surface area contributed by atoms with E-state index in [1.807, 2.05) is 31.2 Å². The molecule has 1 amide bonds. The summed E-state index contributed by atoms with van der Waals surface area (Å²) in [4.78, 5) is 28.2. The van der Waals surface area contributed by atoms with Gasteiger partial charge in [0, 0.05) is 5.92 Å². The summed E-state index contributed by atoms with van der Waals surface area (Å²) in [5, 5.41) is 2.98. The van der Waals surface area contributed by atoms with Gasteiger partial charge in [0.15, 0.2) is 0 Å². The van der Waals surface area contributed by atoms with Gasteiger partial charge in [-0.3, -0.25) is 9.59 Å². The molecule has 116 valence electrons. The van der Waals surface area contributed by atoms with Crippen LogP contribution in [0.2, 0.25) is 0 Å². The Kier molecular flexibility index (Phi) is 3.83. The van der Waals surface area contributed by atoms with Crippen LogP contribution in [0.3, 0.4) is 0 Å². The second-order valence-corrected chi connectivity index (χ2v) is 5.63. The molecule has 0 radical (unpaired) electrons. The fourth-order valence-corrected chi connectivity index (χ4v) is 2.53. The molecule has 1 N–H and O–H groups in total. The van der Waals surface area contributed by atoms with Crippen LogP contribution in [0.4, 0.5) is 0 Å². The van der Waals surface area contributed by atoms with Crippen LogP contribution < -0.4 is 5.32 Å². The van der Waals surface area contributed by atoms with Gasteiger partial charge >= 0.3 is 5.97 Å². The Morgan fingerprint density at radius 1 is 1.41 bits per heavy atom. The summed E-state index contributed by atoms with van der Waals surface area (Å²) in [6.07, 6.45) is 1.91. The van der Waals surface area contributed by atoms with Crippen LogP contribution in [0, 0.1) is 5.92 Å². The molecule has 22 heavy (non-hydrogen) atoms. The van der Waals surface area contributed by atoms with E-state index in [-0.39, 0.29) is 30.4 Å². The minimum atomic E-state index is -0.342. The van der Waals surface area contributed by atoms with Crippen molar-refractivity contribution in [2.24, 2.45) is 5.92 Å². The number of carbonyl (C=O) groups excluding carboxylic acids is 2. The van der Waals surface area contributed by atoms with Gasteiger partial charge in [0.2, 0.25) is 5.91 Å². The molecule has 0 aliphatic heterocycles. The zero-order chi connectivity index (χ0) is 15.7. The first-order valence-corrected chi connectivity index (χ1v) is 7.42. The summed E-state index contributed by atoms with van der Waals surface area (Å²) in [5.41, 5.74) is 1.66. The van der Waals surface area contributed by atoms with Crippen molar-refractivity contribution in [2.45, 2.75) is 32.4 Å². The third-order valence-electron chi connectivity index (χ3n) is 3.89. The molecule has 0 saturated heterocycles. The van der Waals surface area contributed by atoms with Crippen LogP contribution in [0.1, 0.15) is 31.6 Å². The topological polar surface area (TPSA) is 73.2 Å². The van der Waals surface area contributed by atoms with Gasteiger partial charge in [0.05, 0.1) is 24.2 Å².